The third-order valence-corrected chi connectivity index (χ3v) is 3.18. The largest absolute Gasteiger partial charge is 0.491 e. The lowest BCUT2D eigenvalue weighted by atomic mass is 10.1. The van der Waals surface area contributed by atoms with E-state index in [0.29, 0.717) is 12.3 Å². The van der Waals surface area contributed by atoms with E-state index in [0.717, 1.165) is 24.2 Å². The van der Waals surface area contributed by atoms with Crippen LogP contribution < -0.4 is 10.1 Å². The molecule has 1 unspecified atom stereocenters. The van der Waals surface area contributed by atoms with Gasteiger partial charge in [0.1, 0.15) is 5.75 Å². The van der Waals surface area contributed by atoms with E-state index in [1.165, 1.54) is 0 Å². The Labute approximate surface area is 126 Å². The Balaban J connectivity index is 2.62. The summed E-state index contributed by atoms with van der Waals surface area (Å²) in [6.07, 6.45) is 2.33. The molecule has 1 aromatic carbocycles. The van der Waals surface area contributed by atoms with E-state index in [1.54, 1.807) is 0 Å². The van der Waals surface area contributed by atoms with Gasteiger partial charge in [0.15, 0.2) is 0 Å². The van der Waals surface area contributed by atoms with Crippen LogP contribution in [0.5, 0.6) is 5.75 Å². The van der Waals surface area contributed by atoms with Gasteiger partial charge in [-0.05, 0) is 39.7 Å². The van der Waals surface area contributed by atoms with Crippen molar-refractivity contribution < 1.29 is 9.53 Å². The molecule has 3 nitrogen and oxygen atoms in total. The van der Waals surface area contributed by atoms with Crippen molar-refractivity contribution in [3.63, 3.8) is 0 Å². The van der Waals surface area contributed by atoms with Crippen LogP contribution in [0.2, 0.25) is 0 Å². The van der Waals surface area contributed by atoms with Crippen molar-refractivity contribution in [3.05, 3.63) is 29.8 Å². The highest BCUT2D eigenvalue weighted by Crippen LogP contribution is 2.25. The van der Waals surface area contributed by atoms with Gasteiger partial charge in [0.25, 0.3) is 0 Å². The maximum absolute atomic E-state index is 11.8. The summed E-state index contributed by atoms with van der Waals surface area (Å²) in [7, 11) is 0. The molecular weight excluding hydrogens is 274 g/mol. The number of carbonyl (C=O) groups is 1. The van der Waals surface area contributed by atoms with Crippen molar-refractivity contribution >= 4 is 17.5 Å². The monoisotopic (exact) mass is 297 g/mol. The molecule has 0 saturated heterocycles. The molecule has 0 aliphatic rings. The molecule has 1 aromatic rings. The Morgan fingerprint density at radius 2 is 1.95 bits per heavy atom. The van der Waals surface area contributed by atoms with Crippen molar-refractivity contribution in [3.8, 4) is 5.75 Å². The van der Waals surface area contributed by atoms with Crippen LogP contribution in [0.25, 0.3) is 0 Å². The fraction of sp³-hybridized carbons (Fsp3) is 0.562. The standard InChI is InChI=1S/C16H24ClNO2/c1-12(2)20-15-9-5-4-8-14(15)13(3)18-16(19)10-6-7-11-17/h4-5,8-9,12-13H,6-7,10-11H2,1-3H3,(H,18,19). The molecule has 1 rings (SSSR count). The van der Waals surface area contributed by atoms with Gasteiger partial charge in [-0.1, -0.05) is 18.2 Å². The van der Waals surface area contributed by atoms with Crippen molar-refractivity contribution in [1.82, 2.24) is 5.32 Å². The molecule has 0 heterocycles. The van der Waals surface area contributed by atoms with Crippen LogP contribution in [0.1, 0.15) is 51.6 Å². The molecule has 112 valence electrons. The first-order chi connectivity index (χ1) is 9.54. The number of carbonyl (C=O) groups excluding carboxylic acids is 1. The second kappa shape index (κ2) is 8.85. The van der Waals surface area contributed by atoms with Gasteiger partial charge in [-0.25, -0.2) is 0 Å². The van der Waals surface area contributed by atoms with Crippen LogP contribution in [0.3, 0.4) is 0 Å². The lowest BCUT2D eigenvalue weighted by Crippen LogP contribution is -2.27. The fourth-order valence-electron chi connectivity index (χ4n) is 1.97. The molecule has 1 N–H and O–H groups in total. The van der Waals surface area contributed by atoms with Gasteiger partial charge >= 0.3 is 0 Å². The molecule has 0 aliphatic carbocycles. The van der Waals surface area contributed by atoms with Crippen LogP contribution in [0.4, 0.5) is 0 Å². The minimum atomic E-state index is -0.0616. The second-order valence-corrected chi connectivity index (χ2v) is 5.52. The Kier molecular flexibility index (Phi) is 7.45. The third-order valence-electron chi connectivity index (χ3n) is 2.91. The van der Waals surface area contributed by atoms with Gasteiger partial charge < -0.3 is 10.1 Å². The van der Waals surface area contributed by atoms with Crippen LogP contribution >= 0.6 is 11.6 Å². The summed E-state index contributed by atoms with van der Waals surface area (Å²) in [5.74, 6) is 1.49. The Morgan fingerprint density at radius 3 is 2.60 bits per heavy atom. The zero-order chi connectivity index (χ0) is 15.0. The van der Waals surface area contributed by atoms with Gasteiger partial charge in [0.2, 0.25) is 5.91 Å². The first-order valence-electron chi connectivity index (χ1n) is 7.15. The van der Waals surface area contributed by atoms with Crippen LogP contribution in [-0.4, -0.2) is 17.9 Å². The van der Waals surface area contributed by atoms with E-state index < -0.39 is 0 Å². The molecule has 0 spiro atoms. The molecule has 1 atom stereocenters. The highest BCUT2D eigenvalue weighted by molar-refractivity contribution is 6.17. The predicted molar refractivity (Wildman–Crippen MR) is 83.3 cm³/mol. The van der Waals surface area contributed by atoms with Crippen molar-refractivity contribution in [2.24, 2.45) is 0 Å². The SMILES string of the molecule is CC(C)Oc1ccccc1C(C)NC(=O)CCCCCl. The highest BCUT2D eigenvalue weighted by Gasteiger charge is 2.14. The number of hydrogen-bond donors (Lipinski definition) is 1. The maximum atomic E-state index is 11.8. The number of hydrogen-bond acceptors (Lipinski definition) is 2. The number of unbranched alkanes of at least 4 members (excludes halogenated alkanes) is 1. The Bertz CT molecular complexity index is 421. The summed E-state index contributed by atoms with van der Waals surface area (Å²) in [6.45, 7) is 5.96. The molecule has 1 amide bonds. The van der Waals surface area contributed by atoms with E-state index in [1.807, 2.05) is 45.0 Å². The van der Waals surface area contributed by atoms with Gasteiger partial charge in [-0.15, -0.1) is 11.6 Å². The number of alkyl halides is 1. The minimum absolute atomic E-state index is 0.0574. The van der Waals surface area contributed by atoms with Crippen molar-refractivity contribution in [1.29, 1.82) is 0 Å². The lowest BCUT2D eigenvalue weighted by Gasteiger charge is -2.19. The van der Waals surface area contributed by atoms with E-state index >= 15 is 0 Å². The number of ether oxygens (including phenoxy) is 1. The first-order valence-corrected chi connectivity index (χ1v) is 7.69. The summed E-state index contributed by atoms with van der Waals surface area (Å²) in [5.41, 5.74) is 1.01. The number of benzene rings is 1. The average Bonchev–Trinajstić information content (AvgIpc) is 2.38. The number of halogens is 1. The number of nitrogens with one attached hydrogen (secondary N) is 1. The number of amides is 1. The van der Waals surface area contributed by atoms with E-state index in [-0.39, 0.29) is 18.1 Å². The van der Waals surface area contributed by atoms with Gasteiger partial charge in [0, 0.05) is 17.9 Å². The van der Waals surface area contributed by atoms with Gasteiger partial charge in [0.05, 0.1) is 12.1 Å². The second-order valence-electron chi connectivity index (χ2n) is 5.14. The molecular formula is C16H24ClNO2. The highest BCUT2D eigenvalue weighted by atomic mass is 35.5. The minimum Gasteiger partial charge on any atom is -0.491 e. The van der Waals surface area contributed by atoms with Crippen LogP contribution in [0.15, 0.2) is 24.3 Å². The summed E-state index contributed by atoms with van der Waals surface area (Å²) in [4.78, 5) is 11.8. The number of rotatable bonds is 8. The Hall–Kier alpha value is -1.22. The third kappa shape index (κ3) is 5.83. The quantitative estimate of drug-likeness (QED) is 0.580. The zero-order valence-corrected chi connectivity index (χ0v) is 13.2. The zero-order valence-electron chi connectivity index (χ0n) is 12.5. The van der Waals surface area contributed by atoms with E-state index in [2.05, 4.69) is 5.32 Å². The number of para-hydroxylation sites is 1. The summed E-state index contributed by atoms with van der Waals surface area (Å²) >= 11 is 5.61. The topological polar surface area (TPSA) is 38.3 Å². The van der Waals surface area contributed by atoms with Crippen molar-refractivity contribution in [2.75, 3.05) is 5.88 Å². The summed E-state index contributed by atoms with van der Waals surface area (Å²) < 4.78 is 5.78. The predicted octanol–water partition coefficient (Wildman–Crippen LogP) is 4.06. The molecule has 0 bridgehead atoms. The molecule has 0 radical (unpaired) electrons. The molecule has 20 heavy (non-hydrogen) atoms. The van der Waals surface area contributed by atoms with Crippen molar-refractivity contribution in [2.45, 2.75) is 52.2 Å². The van der Waals surface area contributed by atoms with Crippen LogP contribution in [-0.2, 0) is 4.79 Å². The van der Waals surface area contributed by atoms with Gasteiger partial charge in [-0.3, -0.25) is 4.79 Å². The normalized spacial score (nSPS) is 12.2. The summed E-state index contributed by atoms with van der Waals surface area (Å²) in [5, 5.41) is 3.01. The lowest BCUT2D eigenvalue weighted by molar-refractivity contribution is -0.121. The first kappa shape index (κ1) is 16.8. The average molecular weight is 298 g/mol. The molecule has 0 fully saturated rings. The van der Waals surface area contributed by atoms with Gasteiger partial charge in [-0.2, -0.15) is 0 Å². The smallest absolute Gasteiger partial charge is 0.220 e. The summed E-state index contributed by atoms with van der Waals surface area (Å²) in [6, 6.07) is 7.76. The molecule has 0 aliphatic heterocycles. The van der Waals surface area contributed by atoms with E-state index in [9.17, 15) is 4.79 Å². The molecule has 4 heteroatoms. The van der Waals surface area contributed by atoms with Crippen LogP contribution in [0, 0.1) is 0 Å². The fourth-order valence-corrected chi connectivity index (χ4v) is 2.16. The Morgan fingerprint density at radius 1 is 1.25 bits per heavy atom. The maximum Gasteiger partial charge on any atom is 0.220 e. The van der Waals surface area contributed by atoms with E-state index in [4.69, 9.17) is 16.3 Å². The molecule has 0 aromatic heterocycles. The molecule has 0 saturated carbocycles.